The largest absolute Gasteiger partial charge is 0.395 e. The highest BCUT2D eigenvalue weighted by Crippen LogP contribution is 2.21. The molecule has 1 unspecified atom stereocenters. The average molecular weight is 282 g/mol. The fraction of sp³-hybridized carbons (Fsp3) is 0.400. The number of hydrogen-bond donors (Lipinski definition) is 2. The van der Waals surface area contributed by atoms with E-state index in [-0.39, 0.29) is 11.6 Å². The first-order chi connectivity index (χ1) is 7.92. The second-order valence-electron chi connectivity index (χ2n) is 3.46. The van der Waals surface area contributed by atoms with E-state index in [4.69, 9.17) is 16.7 Å². The summed E-state index contributed by atoms with van der Waals surface area (Å²) in [6, 6.07) is 3.09. The molecule has 0 aliphatic carbocycles. The summed E-state index contributed by atoms with van der Waals surface area (Å²) >= 11 is 5.51. The number of rotatable bonds is 5. The van der Waals surface area contributed by atoms with Crippen LogP contribution in [-0.2, 0) is 10.0 Å². The molecule has 7 heteroatoms. The lowest BCUT2D eigenvalue weighted by Crippen LogP contribution is -2.37. The van der Waals surface area contributed by atoms with E-state index in [2.05, 4.69) is 4.72 Å². The summed E-state index contributed by atoms with van der Waals surface area (Å²) in [4.78, 5) is -0.517. The van der Waals surface area contributed by atoms with Crippen LogP contribution in [0.5, 0.6) is 0 Å². The van der Waals surface area contributed by atoms with Crippen molar-refractivity contribution in [2.45, 2.75) is 24.3 Å². The summed E-state index contributed by atoms with van der Waals surface area (Å²) in [5.74, 6) is -0.991. The SMILES string of the molecule is CCC(CO)NS(=O)(=O)c1cccc(Cl)c1F. The average Bonchev–Trinajstić information content (AvgIpc) is 2.29. The van der Waals surface area contributed by atoms with Gasteiger partial charge in [0, 0.05) is 6.04 Å². The van der Waals surface area contributed by atoms with Crippen LogP contribution in [0.2, 0.25) is 5.02 Å². The summed E-state index contributed by atoms with van der Waals surface area (Å²) in [5.41, 5.74) is 0. The number of aliphatic hydroxyl groups excluding tert-OH is 1. The fourth-order valence-corrected chi connectivity index (χ4v) is 2.87. The second kappa shape index (κ2) is 5.77. The molecule has 0 fully saturated rings. The molecule has 4 nitrogen and oxygen atoms in total. The lowest BCUT2D eigenvalue weighted by Gasteiger charge is -2.14. The molecule has 0 saturated heterocycles. The first kappa shape index (κ1) is 14.4. The van der Waals surface area contributed by atoms with Crippen molar-refractivity contribution in [3.8, 4) is 0 Å². The number of aliphatic hydroxyl groups is 1. The molecule has 1 aromatic rings. The van der Waals surface area contributed by atoms with Gasteiger partial charge in [-0.25, -0.2) is 17.5 Å². The topological polar surface area (TPSA) is 66.4 Å². The maximum Gasteiger partial charge on any atom is 0.243 e. The molecule has 2 N–H and O–H groups in total. The molecular formula is C10H13ClFNO3S. The summed E-state index contributed by atoms with van der Waals surface area (Å²) in [6.07, 6.45) is 0.401. The van der Waals surface area contributed by atoms with Crippen molar-refractivity contribution in [1.82, 2.24) is 4.72 Å². The molecule has 0 spiro atoms. The van der Waals surface area contributed by atoms with Crippen LogP contribution < -0.4 is 4.72 Å². The summed E-state index contributed by atoms with van der Waals surface area (Å²) in [6.45, 7) is 1.36. The Morgan fingerprint density at radius 3 is 2.71 bits per heavy atom. The Kier molecular flexibility index (Phi) is 4.88. The number of sulfonamides is 1. The fourth-order valence-electron chi connectivity index (χ4n) is 1.22. The van der Waals surface area contributed by atoms with Gasteiger partial charge in [-0.1, -0.05) is 24.6 Å². The van der Waals surface area contributed by atoms with Gasteiger partial charge >= 0.3 is 0 Å². The van der Waals surface area contributed by atoms with Gasteiger partial charge in [-0.15, -0.1) is 0 Å². The number of hydrogen-bond acceptors (Lipinski definition) is 3. The number of halogens is 2. The molecule has 17 heavy (non-hydrogen) atoms. The molecule has 1 atom stereocenters. The Morgan fingerprint density at radius 1 is 1.53 bits per heavy atom. The minimum atomic E-state index is -4.01. The van der Waals surface area contributed by atoms with Gasteiger partial charge < -0.3 is 5.11 Å². The molecule has 0 aromatic heterocycles. The molecule has 0 aliphatic heterocycles. The Morgan fingerprint density at radius 2 is 2.18 bits per heavy atom. The van der Waals surface area contributed by atoms with Gasteiger partial charge in [-0.05, 0) is 18.6 Å². The van der Waals surface area contributed by atoms with E-state index in [0.717, 1.165) is 6.07 Å². The van der Waals surface area contributed by atoms with Gasteiger partial charge in [0.25, 0.3) is 0 Å². The smallest absolute Gasteiger partial charge is 0.243 e. The van der Waals surface area contributed by atoms with Crippen LogP contribution in [0.3, 0.4) is 0 Å². The van der Waals surface area contributed by atoms with Crippen LogP contribution in [0.4, 0.5) is 4.39 Å². The Balaban J connectivity index is 3.09. The van der Waals surface area contributed by atoms with Crippen molar-refractivity contribution < 1.29 is 17.9 Å². The zero-order chi connectivity index (χ0) is 13.1. The van der Waals surface area contributed by atoms with E-state index in [1.54, 1.807) is 6.92 Å². The van der Waals surface area contributed by atoms with Crippen LogP contribution >= 0.6 is 11.6 Å². The van der Waals surface area contributed by atoms with E-state index >= 15 is 0 Å². The molecule has 1 rings (SSSR count). The highest BCUT2D eigenvalue weighted by Gasteiger charge is 2.23. The normalized spacial score (nSPS) is 13.6. The lowest BCUT2D eigenvalue weighted by molar-refractivity contribution is 0.253. The van der Waals surface area contributed by atoms with Crippen LogP contribution in [-0.4, -0.2) is 26.2 Å². The zero-order valence-corrected chi connectivity index (χ0v) is 10.7. The lowest BCUT2D eigenvalue weighted by atomic mass is 10.3. The van der Waals surface area contributed by atoms with Gasteiger partial charge in [0.05, 0.1) is 11.6 Å². The van der Waals surface area contributed by atoms with E-state index in [9.17, 15) is 12.8 Å². The van der Waals surface area contributed by atoms with E-state index < -0.39 is 26.8 Å². The first-order valence-electron chi connectivity index (χ1n) is 4.99. The minimum Gasteiger partial charge on any atom is -0.395 e. The van der Waals surface area contributed by atoms with Crippen LogP contribution in [0.25, 0.3) is 0 Å². The monoisotopic (exact) mass is 281 g/mol. The Labute approximate surface area is 104 Å². The molecule has 0 aliphatic rings. The Hall–Kier alpha value is -0.690. The number of nitrogens with one attached hydrogen (secondary N) is 1. The molecule has 0 radical (unpaired) electrons. The predicted molar refractivity (Wildman–Crippen MR) is 62.9 cm³/mol. The van der Waals surface area contributed by atoms with Gasteiger partial charge in [0.1, 0.15) is 4.90 Å². The Bertz CT molecular complexity index is 488. The first-order valence-corrected chi connectivity index (χ1v) is 6.85. The number of benzene rings is 1. The third-order valence-electron chi connectivity index (χ3n) is 2.24. The second-order valence-corrected chi connectivity index (χ2v) is 5.55. The zero-order valence-electron chi connectivity index (χ0n) is 9.15. The van der Waals surface area contributed by atoms with Crippen LogP contribution in [0, 0.1) is 5.82 Å². The molecule has 1 aromatic carbocycles. The van der Waals surface area contributed by atoms with Gasteiger partial charge in [-0.3, -0.25) is 0 Å². The van der Waals surface area contributed by atoms with Crippen molar-refractivity contribution in [2.24, 2.45) is 0 Å². The van der Waals surface area contributed by atoms with Crippen molar-refractivity contribution in [2.75, 3.05) is 6.61 Å². The minimum absolute atomic E-state index is 0.259. The van der Waals surface area contributed by atoms with Crippen molar-refractivity contribution in [1.29, 1.82) is 0 Å². The van der Waals surface area contributed by atoms with Crippen molar-refractivity contribution in [3.63, 3.8) is 0 Å². The van der Waals surface area contributed by atoms with Gasteiger partial charge in [0.2, 0.25) is 10.0 Å². The van der Waals surface area contributed by atoms with E-state index in [1.165, 1.54) is 12.1 Å². The molecule has 0 bridgehead atoms. The van der Waals surface area contributed by atoms with E-state index in [0.29, 0.717) is 6.42 Å². The molecule has 0 heterocycles. The summed E-state index contributed by atoms with van der Waals surface area (Å²) in [7, 11) is -4.01. The third kappa shape index (κ3) is 3.38. The molecule has 0 amide bonds. The maximum atomic E-state index is 13.5. The molecule has 96 valence electrons. The molecular weight excluding hydrogens is 269 g/mol. The standard InChI is InChI=1S/C10H13ClFNO3S/c1-2-7(6-14)13-17(15,16)9-5-3-4-8(11)10(9)12/h3-5,7,13-14H,2,6H2,1H3. The summed E-state index contributed by atoms with van der Waals surface area (Å²) < 4.78 is 39.4. The van der Waals surface area contributed by atoms with Gasteiger partial charge in [-0.2, -0.15) is 0 Å². The highest BCUT2D eigenvalue weighted by molar-refractivity contribution is 7.89. The maximum absolute atomic E-state index is 13.5. The highest BCUT2D eigenvalue weighted by atomic mass is 35.5. The van der Waals surface area contributed by atoms with Crippen LogP contribution in [0.1, 0.15) is 13.3 Å². The molecule has 0 saturated carbocycles. The summed E-state index contributed by atoms with van der Waals surface area (Å²) in [5, 5.41) is 8.65. The third-order valence-corrected chi connectivity index (χ3v) is 4.07. The van der Waals surface area contributed by atoms with Gasteiger partial charge in [0.15, 0.2) is 5.82 Å². The van der Waals surface area contributed by atoms with Crippen molar-refractivity contribution >= 4 is 21.6 Å². The predicted octanol–water partition coefficient (Wildman–Crippen LogP) is 1.53. The quantitative estimate of drug-likeness (QED) is 0.860. The van der Waals surface area contributed by atoms with Crippen molar-refractivity contribution in [3.05, 3.63) is 29.0 Å². The van der Waals surface area contributed by atoms with E-state index in [1.807, 2.05) is 0 Å². The van der Waals surface area contributed by atoms with Crippen LogP contribution in [0.15, 0.2) is 23.1 Å².